The standard InChI is InChI=1S/C9H15N3O2/c10-12-11-7-3-6-9(14-8-13)4-1-2-5-9/h8H,1-7H2. The molecule has 0 atom stereocenters. The van der Waals surface area contributed by atoms with Gasteiger partial charge in [-0.25, -0.2) is 0 Å². The summed E-state index contributed by atoms with van der Waals surface area (Å²) < 4.78 is 5.16. The summed E-state index contributed by atoms with van der Waals surface area (Å²) in [5.74, 6) is 0. The predicted octanol–water partition coefficient (Wildman–Crippen LogP) is 2.56. The third-order valence-corrected chi connectivity index (χ3v) is 2.77. The summed E-state index contributed by atoms with van der Waals surface area (Å²) in [4.78, 5) is 13.0. The van der Waals surface area contributed by atoms with Crippen LogP contribution in [0.15, 0.2) is 5.11 Å². The number of rotatable bonds is 6. The summed E-state index contributed by atoms with van der Waals surface area (Å²) in [6, 6.07) is 0. The van der Waals surface area contributed by atoms with Gasteiger partial charge in [-0.1, -0.05) is 5.11 Å². The zero-order valence-corrected chi connectivity index (χ0v) is 8.19. The normalized spacial score (nSPS) is 18.6. The smallest absolute Gasteiger partial charge is 0.293 e. The molecule has 1 aliphatic rings. The molecule has 0 saturated heterocycles. The van der Waals surface area contributed by atoms with Crippen LogP contribution >= 0.6 is 0 Å². The van der Waals surface area contributed by atoms with E-state index in [-0.39, 0.29) is 5.60 Å². The highest BCUT2D eigenvalue weighted by molar-refractivity contribution is 5.38. The number of ether oxygens (including phenoxy) is 1. The van der Waals surface area contributed by atoms with Gasteiger partial charge < -0.3 is 4.74 Å². The molecule has 0 radical (unpaired) electrons. The molecule has 0 unspecified atom stereocenters. The number of carbonyl (C=O) groups is 1. The lowest BCUT2D eigenvalue weighted by molar-refractivity contribution is -0.143. The zero-order chi connectivity index (χ0) is 10.3. The molecule has 1 fully saturated rings. The van der Waals surface area contributed by atoms with E-state index in [0.29, 0.717) is 13.0 Å². The number of hydrogen-bond donors (Lipinski definition) is 0. The second kappa shape index (κ2) is 5.50. The Kier molecular flexibility index (Phi) is 4.26. The molecule has 5 nitrogen and oxygen atoms in total. The molecule has 1 saturated carbocycles. The number of hydrogen-bond acceptors (Lipinski definition) is 3. The highest BCUT2D eigenvalue weighted by Gasteiger charge is 2.34. The van der Waals surface area contributed by atoms with E-state index in [1.165, 1.54) is 0 Å². The van der Waals surface area contributed by atoms with Gasteiger partial charge in [-0.15, -0.1) is 0 Å². The van der Waals surface area contributed by atoms with Gasteiger partial charge in [-0.05, 0) is 44.1 Å². The summed E-state index contributed by atoms with van der Waals surface area (Å²) in [5, 5.41) is 3.46. The van der Waals surface area contributed by atoms with Gasteiger partial charge in [0.15, 0.2) is 0 Å². The van der Waals surface area contributed by atoms with Crippen LogP contribution in [-0.2, 0) is 9.53 Å². The first-order valence-corrected chi connectivity index (χ1v) is 4.95. The maximum Gasteiger partial charge on any atom is 0.293 e. The summed E-state index contributed by atoms with van der Waals surface area (Å²) in [6.07, 6.45) is 5.73. The Morgan fingerprint density at radius 2 is 2.21 bits per heavy atom. The van der Waals surface area contributed by atoms with E-state index in [2.05, 4.69) is 10.0 Å². The molecule has 5 heteroatoms. The molecule has 0 aromatic carbocycles. The van der Waals surface area contributed by atoms with Crippen molar-refractivity contribution in [2.45, 2.75) is 44.1 Å². The fraction of sp³-hybridized carbons (Fsp3) is 0.889. The summed E-state index contributed by atoms with van der Waals surface area (Å²) >= 11 is 0. The molecule has 0 amide bonds. The quantitative estimate of drug-likeness (QED) is 0.216. The lowest BCUT2D eigenvalue weighted by atomic mass is 9.96. The minimum absolute atomic E-state index is 0.257. The van der Waals surface area contributed by atoms with Crippen molar-refractivity contribution < 1.29 is 9.53 Å². The number of carbonyl (C=O) groups excluding carboxylic acids is 1. The Bertz CT molecular complexity index is 230. The second-order valence-electron chi connectivity index (χ2n) is 3.66. The predicted molar refractivity (Wildman–Crippen MR) is 51.6 cm³/mol. The molecule has 0 N–H and O–H groups in total. The van der Waals surface area contributed by atoms with Gasteiger partial charge in [0.25, 0.3) is 6.47 Å². The van der Waals surface area contributed by atoms with Crippen LogP contribution in [0.1, 0.15) is 38.5 Å². The molecule has 0 aromatic heterocycles. The van der Waals surface area contributed by atoms with Gasteiger partial charge in [-0.2, -0.15) is 0 Å². The number of azide groups is 1. The molecular weight excluding hydrogens is 182 g/mol. The van der Waals surface area contributed by atoms with E-state index in [0.717, 1.165) is 38.5 Å². The SMILES string of the molecule is [N-]=[N+]=NCCCC1(OC=O)CCCC1. The Morgan fingerprint density at radius 1 is 1.50 bits per heavy atom. The van der Waals surface area contributed by atoms with Crippen molar-refractivity contribution in [1.82, 2.24) is 0 Å². The van der Waals surface area contributed by atoms with Crippen LogP contribution in [0.5, 0.6) is 0 Å². The molecular formula is C9H15N3O2. The minimum atomic E-state index is -0.257. The molecule has 0 heterocycles. The van der Waals surface area contributed by atoms with Crippen LogP contribution in [0.25, 0.3) is 10.4 Å². The van der Waals surface area contributed by atoms with Gasteiger partial charge in [0.05, 0.1) is 0 Å². The van der Waals surface area contributed by atoms with Crippen LogP contribution in [0.4, 0.5) is 0 Å². The van der Waals surface area contributed by atoms with Crippen molar-refractivity contribution in [3.63, 3.8) is 0 Å². The van der Waals surface area contributed by atoms with Crippen molar-refractivity contribution in [3.8, 4) is 0 Å². The second-order valence-corrected chi connectivity index (χ2v) is 3.66. The summed E-state index contributed by atoms with van der Waals surface area (Å²) in [6.45, 7) is 1.03. The molecule has 78 valence electrons. The molecule has 0 spiro atoms. The van der Waals surface area contributed by atoms with Gasteiger partial charge in [0, 0.05) is 11.5 Å². The first-order chi connectivity index (χ1) is 6.83. The van der Waals surface area contributed by atoms with E-state index in [9.17, 15) is 4.79 Å². The average Bonchev–Trinajstić information content (AvgIpc) is 2.63. The van der Waals surface area contributed by atoms with Crippen LogP contribution < -0.4 is 0 Å². The van der Waals surface area contributed by atoms with E-state index in [1.54, 1.807) is 0 Å². The fourth-order valence-electron chi connectivity index (χ4n) is 2.06. The van der Waals surface area contributed by atoms with Crippen molar-refractivity contribution in [3.05, 3.63) is 10.4 Å². The first-order valence-electron chi connectivity index (χ1n) is 4.95. The molecule has 1 aliphatic carbocycles. The van der Waals surface area contributed by atoms with Crippen LogP contribution in [0.3, 0.4) is 0 Å². The van der Waals surface area contributed by atoms with Crippen LogP contribution in [-0.4, -0.2) is 18.6 Å². The molecule has 0 bridgehead atoms. The molecule has 1 rings (SSSR count). The minimum Gasteiger partial charge on any atom is -0.461 e. The van der Waals surface area contributed by atoms with Crippen LogP contribution in [0.2, 0.25) is 0 Å². The number of nitrogens with zero attached hydrogens (tertiary/aromatic N) is 3. The molecule has 0 aliphatic heterocycles. The van der Waals surface area contributed by atoms with Gasteiger partial charge in [0.1, 0.15) is 5.60 Å². The van der Waals surface area contributed by atoms with E-state index >= 15 is 0 Å². The van der Waals surface area contributed by atoms with Crippen LogP contribution in [0, 0.1) is 0 Å². The Labute approximate surface area is 83.1 Å². The van der Waals surface area contributed by atoms with Crippen molar-refractivity contribution in [1.29, 1.82) is 0 Å². The van der Waals surface area contributed by atoms with Crippen molar-refractivity contribution in [2.24, 2.45) is 5.11 Å². The highest BCUT2D eigenvalue weighted by Crippen LogP contribution is 2.36. The lowest BCUT2D eigenvalue weighted by Crippen LogP contribution is -2.28. The Balaban J connectivity index is 2.35. The maximum absolute atomic E-state index is 10.4. The fourth-order valence-corrected chi connectivity index (χ4v) is 2.06. The molecule has 14 heavy (non-hydrogen) atoms. The van der Waals surface area contributed by atoms with E-state index in [1.807, 2.05) is 0 Å². The summed E-state index contributed by atoms with van der Waals surface area (Å²) in [7, 11) is 0. The third kappa shape index (κ3) is 2.92. The lowest BCUT2D eigenvalue weighted by Gasteiger charge is -2.26. The third-order valence-electron chi connectivity index (χ3n) is 2.77. The average molecular weight is 197 g/mol. The largest absolute Gasteiger partial charge is 0.461 e. The van der Waals surface area contributed by atoms with Gasteiger partial charge in [-0.3, -0.25) is 4.79 Å². The van der Waals surface area contributed by atoms with Crippen molar-refractivity contribution >= 4 is 6.47 Å². The van der Waals surface area contributed by atoms with Gasteiger partial charge >= 0.3 is 0 Å². The van der Waals surface area contributed by atoms with Gasteiger partial charge in [0.2, 0.25) is 0 Å². The topological polar surface area (TPSA) is 75.1 Å². The molecule has 0 aromatic rings. The summed E-state index contributed by atoms with van der Waals surface area (Å²) in [5.41, 5.74) is 7.84. The van der Waals surface area contributed by atoms with E-state index < -0.39 is 0 Å². The Morgan fingerprint density at radius 3 is 2.79 bits per heavy atom. The Hall–Kier alpha value is -1.22. The maximum atomic E-state index is 10.4. The first kappa shape index (κ1) is 10.9. The van der Waals surface area contributed by atoms with E-state index in [4.69, 9.17) is 10.3 Å². The van der Waals surface area contributed by atoms with Crippen molar-refractivity contribution in [2.75, 3.05) is 6.54 Å². The monoisotopic (exact) mass is 197 g/mol. The highest BCUT2D eigenvalue weighted by atomic mass is 16.5. The zero-order valence-electron chi connectivity index (χ0n) is 8.19.